The predicted octanol–water partition coefficient (Wildman–Crippen LogP) is 10.9. The van der Waals surface area contributed by atoms with Crippen molar-refractivity contribution < 1.29 is 37.6 Å². The van der Waals surface area contributed by atoms with E-state index in [0.717, 1.165) is 77.0 Å². The van der Waals surface area contributed by atoms with E-state index in [1.807, 2.05) is 0 Å². The van der Waals surface area contributed by atoms with Crippen molar-refractivity contribution in [2.24, 2.45) is 5.73 Å². The van der Waals surface area contributed by atoms with Crippen LogP contribution in [-0.2, 0) is 32.7 Å². The van der Waals surface area contributed by atoms with Crippen molar-refractivity contribution in [3.8, 4) is 0 Å². The number of esters is 2. The van der Waals surface area contributed by atoms with Gasteiger partial charge in [-0.2, -0.15) is 0 Å². The number of allylic oxidation sites excluding steroid dienone is 10. The Morgan fingerprint density at radius 3 is 1.61 bits per heavy atom. The van der Waals surface area contributed by atoms with Crippen LogP contribution in [0.2, 0.25) is 0 Å². The van der Waals surface area contributed by atoms with Gasteiger partial charge < -0.3 is 20.1 Å². The fourth-order valence-electron chi connectivity index (χ4n) is 4.89. The number of carbonyl (C=O) groups is 2. The molecule has 0 aliphatic rings. The minimum atomic E-state index is -4.38. The van der Waals surface area contributed by atoms with Crippen molar-refractivity contribution in [1.82, 2.24) is 0 Å². The maximum atomic E-state index is 12.5. The molecule has 294 valence electrons. The zero-order valence-electron chi connectivity index (χ0n) is 32.1. The average molecular weight is 738 g/mol. The molecule has 0 aromatic carbocycles. The highest BCUT2D eigenvalue weighted by atomic mass is 31.2. The monoisotopic (exact) mass is 737 g/mol. The summed E-state index contributed by atoms with van der Waals surface area (Å²) in [4.78, 5) is 34.7. The zero-order chi connectivity index (χ0) is 37.5. The molecule has 0 heterocycles. The van der Waals surface area contributed by atoms with E-state index in [-0.39, 0.29) is 32.6 Å². The number of unbranched alkanes of at least 4 members (excludes halogenated alkanes) is 13. The molecule has 0 amide bonds. The third-order valence-corrected chi connectivity index (χ3v) is 8.86. The molecule has 9 nitrogen and oxygen atoms in total. The molecule has 0 saturated heterocycles. The summed E-state index contributed by atoms with van der Waals surface area (Å²) in [5.41, 5.74) is 5.33. The van der Waals surface area contributed by atoms with E-state index in [1.165, 1.54) is 38.5 Å². The van der Waals surface area contributed by atoms with Crippen molar-refractivity contribution in [1.29, 1.82) is 0 Å². The van der Waals surface area contributed by atoms with E-state index in [0.29, 0.717) is 12.8 Å². The minimum Gasteiger partial charge on any atom is -0.462 e. The van der Waals surface area contributed by atoms with Crippen LogP contribution < -0.4 is 5.73 Å². The van der Waals surface area contributed by atoms with Gasteiger partial charge in [-0.1, -0.05) is 126 Å². The summed E-state index contributed by atoms with van der Waals surface area (Å²) in [6.07, 6.45) is 42.5. The predicted molar refractivity (Wildman–Crippen MR) is 210 cm³/mol. The average Bonchev–Trinajstić information content (AvgIpc) is 3.11. The molecule has 10 heteroatoms. The topological polar surface area (TPSA) is 134 Å². The van der Waals surface area contributed by atoms with Crippen molar-refractivity contribution >= 4 is 19.8 Å². The third kappa shape index (κ3) is 37.3. The fraction of sp³-hybridized carbons (Fsp3) is 0.707. The van der Waals surface area contributed by atoms with Gasteiger partial charge >= 0.3 is 19.8 Å². The van der Waals surface area contributed by atoms with Crippen molar-refractivity contribution in [2.45, 2.75) is 161 Å². The van der Waals surface area contributed by atoms with Gasteiger partial charge in [0.2, 0.25) is 0 Å². The first-order chi connectivity index (χ1) is 24.8. The molecule has 0 rings (SSSR count). The van der Waals surface area contributed by atoms with Crippen LogP contribution in [0.5, 0.6) is 0 Å². The largest absolute Gasteiger partial charge is 0.472 e. The molecule has 0 fully saturated rings. The number of ether oxygens (including phenoxy) is 2. The molecule has 0 radical (unpaired) electrons. The quantitative estimate of drug-likeness (QED) is 0.0279. The number of phosphoric ester groups is 1. The van der Waals surface area contributed by atoms with Crippen LogP contribution >= 0.6 is 7.82 Å². The lowest BCUT2D eigenvalue weighted by atomic mass is 10.1. The molecule has 0 spiro atoms. The highest BCUT2D eigenvalue weighted by molar-refractivity contribution is 7.47. The van der Waals surface area contributed by atoms with Crippen molar-refractivity contribution in [3.63, 3.8) is 0 Å². The Bertz CT molecular complexity index is 1020. The molecule has 2 atom stereocenters. The Hall–Kier alpha value is -2.29. The van der Waals surface area contributed by atoms with Crippen LogP contribution in [0.1, 0.15) is 155 Å². The normalized spacial score (nSPS) is 14.0. The Balaban J connectivity index is 4.29. The summed E-state index contributed by atoms with van der Waals surface area (Å²) in [5, 5.41) is 0. The van der Waals surface area contributed by atoms with Crippen LogP contribution in [0.3, 0.4) is 0 Å². The fourth-order valence-corrected chi connectivity index (χ4v) is 5.66. The maximum absolute atomic E-state index is 12.5. The van der Waals surface area contributed by atoms with Crippen molar-refractivity contribution in [2.75, 3.05) is 26.4 Å². The molecule has 0 saturated carbocycles. The molecule has 0 aromatic heterocycles. The lowest BCUT2D eigenvalue weighted by Crippen LogP contribution is -2.29. The molecule has 0 aromatic rings. The first-order valence-electron chi connectivity index (χ1n) is 19.8. The second kappa shape index (κ2) is 37.5. The van der Waals surface area contributed by atoms with Gasteiger partial charge in [0.15, 0.2) is 6.10 Å². The van der Waals surface area contributed by atoms with Crippen LogP contribution in [0.15, 0.2) is 60.8 Å². The summed E-state index contributed by atoms with van der Waals surface area (Å²) in [6, 6.07) is 0. The lowest BCUT2D eigenvalue weighted by molar-refractivity contribution is -0.161. The SMILES string of the molecule is CCCCC=CCCCCCCCC(=O)OCC(COP(=O)(O)OCCN)OC(=O)CCCCCC=CCC=CCC=CCC=CCCCCC. The molecular formula is C41H72NO8P. The van der Waals surface area contributed by atoms with E-state index >= 15 is 0 Å². The maximum Gasteiger partial charge on any atom is 0.472 e. The lowest BCUT2D eigenvalue weighted by Gasteiger charge is -2.19. The summed E-state index contributed by atoms with van der Waals surface area (Å²) in [7, 11) is -4.38. The summed E-state index contributed by atoms with van der Waals surface area (Å²) >= 11 is 0. The Labute approximate surface area is 310 Å². The zero-order valence-corrected chi connectivity index (χ0v) is 33.0. The second-order valence-corrected chi connectivity index (χ2v) is 14.2. The van der Waals surface area contributed by atoms with E-state index in [1.54, 1.807) is 0 Å². The summed E-state index contributed by atoms with van der Waals surface area (Å²) in [5.74, 6) is -0.883. The molecule has 2 unspecified atom stereocenters. The first-order valence-corrected chi connectivity index (χ1v) is 21.3. The summed E-state index contributed by atoms with van der Waals surface area (Å²) in [6.45, 7) is 3.59. The minimum absolute atomic E-state index is 0.0441. The summed E-state index contributed by atoms with van der Waals surface area (Å²) < 4.78 is 32.6. The van der Waals surface area contributed by atoms with Crippen LogP contribution in [0.25, 0.3) is 0 Å². The van der Waals surface area contributed by atoms with Gasteiger partial charge in [-0.05, 0) is 77.0 Å². The van der Waals surface area contributed by atoms with Gasteiger partial charge in [-0.15, -0.1) is 0 Å². The smallest absolute Gasteiger partial charge is 0.462 e. The number of rotatable bonds is 36. The number of carbonyl (C=O) groups excluding carboxylic acids is 2. The Kier molecular flexibility index (Phi) is 35.8. The van der Waals surface area contributed by atoms with Crippen molar-refractivity contribution in [3.05, 3.63) is 60.8 Å². The molecule has 3 N–H and O–H groups in total. The van der Waals surface area contributed by atoms with Crippen LogP contribution in [0.4, 0.5) is 0 Å². The van der Waals surface area contributed by atoms with Crippen LogP contribution in [0, 0.1) is 0 Å². The highest BCUT2D eigenvalue weighted by Crippen LogP contribution is 2.43. The van der Waals surface area contributed by atoms with Gasteiger partial charge in [0.05, 0.1) is 13.2 Å². The number of nitrogens with two attached hydrogens (primary N) is 1. The Morgan fingerprint density at radius 2 is 1.04 bits per heavy atom. The van der Waals surface area contributed by atoms with Gasteiger partial charge in [0.1, 0.15) is 6.61 Å². The molecule has 0 bridgehead atoms. The third-order valence-electron chi connectivity index (χ3n) is 7.88. The van der Waals surface area contributed by atoms with E-state index in [2.05, 4.69) is 74.6 Å². The number of hydrogen-bond donors (Lipinski definition) is 2. The standard InChI is InChI=1S/C41H72NO8P/c1-3-5-7-9-11-13-15-16-17-18-19-20-21-22-24-26-28-30-32-34-41(44)50-39(38-49-51(45,46)48-36-35-42)37-47-40(43)33-31-29-27-25-23-14-12-10-8-6-4-2/h10-13,16-17,19-20,22,24,39H,3-9,14-15,18,21,23,25-38,42H2,1-2H3,(H,45,46). The van der Waals surface area contributed by atoms with Gasteiger partial charge in [0.25, 0.3) is 0 Å². The second-order valence-electron chi connectivity index (χ2n) is 12.8. The molecule has 0 aliphatic carbocycles. The number of hydrogen-bond acceptors (Lipinski definition) is 8. The highest BCUT2D eigenvalue weighted by Gasteiger charge is 2.25. The first kappa shape index (κ1) is 48.7. The van der Waals surface area contributed by atoms with Gasteiger partial charge in [-0.25, -0.2) is 4.57 Å². The molecule has 51 heavy (non-hydrogen) atoms. The molecular weight excluding hydrogens is 665 g/mol. The molecule has 0 aliphatic heterocycles. The van der Waals surface area contributed by atoms with Gasteiger partial charge in [-0.3, -0.25) is 18.6 Å². The van der Waals surface area contributed by atoms with E-state index < -0.39 is 32.5 Å². The van der Waals surface area contributed by atoms with E-state index in [4.69, 9.17) is 24.3 Å². The van der Waals surface area contributed by atoms with Crippen LogP contribution in [-0.4, -0.2) is 49.3 Å². The number of phosphoric acid groups is 1. The Morgan fingerprint density at radius 1 is 0.588 bits per heavy atom. The van der Waals surface area contributed by atoms with E-state index in [9.17, 15) is 19.0 Å². The van der Waals surface area contributed by atoms with Gasteiger partial charge in [0, 0.05) is 19.4 Å².